The third-order valence-corrected chi connectivity index (χ3v) is 3.85. The van der Waals surface area contributed by atoms with E-state index in [9.17, 15) is 5.11 Å². The van der Waals surface area contributed by atoms with Gasteiger partial charge in [-0.2, -0.15) is 0 Å². The number of phenolic OH excluding ortho intramolecular Hbond substituents is 1. The zero-order chi connectivity index (χ0) is 14.3. The third kappa shape index (κ3) is 4.22. The highest BCUT2D eigenvalue weighted by Gasteiger charge is 2.23. The van der Waals surface area contributed by atoms with Crippen LogP contribution in [0.3, 0.4) is 0 Å². The van der Waals surface area contributed by atoms with E-state index in [1.807, 2.05) is 18.2 Å². The molecule has 0 heterocycles. The van der Waals surface area contributed by atoms with E-state index >= 15 is 0 Å². The van der Waals surface area contributed by atoms with Gasteiger partial charge in [0.15, 0.2) is 0 Å². The molecule has 1 aromatic carbocycles. The Morgan fingerprint density at radius 2 is 1.84 bits per heavy atom. The minimum atomic E-state index is 0.196. The highest BCUT2D eigenvalue weighted by molar-refractivity contribution is 5.34. The summed E-state index contributed by atoms with van der Waals surface area (Å²) in [5.41, 5.74) is 0.991. The third-order valence-electron chi connectivity index (χ3n) is 3.85. The Bertz CT molecular complexity index is 364. The quantitative estimate of drug-likeness (QED) is 0.779. The Labute approximate surface area is 117 Å². The van der Waals surface area contributed by atoms with E-state index in [0.717, 1.165) is 24.9 Å². The molecule has 0 fully saturated rings. The van der Waals surface area contributed by atoms with Gasteiger partial charge in [-0.1, -0.05) is 32.0 Å². The van der Waals surface area contributed by atoms with Gasteiger partial charge in [-0.05, 0) is 25.8 Å². The Kier molecular flexibility index (Phi) is 6.89. The summed E-state index contributed by atoms with van der Waals surface area (Å²) in [7, 11) is 1.73. The number of nitrogens with zero attached hydrogens (tertiary/aromatic N) is 1. The second-order valence-corrected chi connectivity index (χ2v) is 4.94. The van der Waals surface area contributed by atoms with Gasteiger partial charge in [0.05, 0.1) is 6.61 Å². The summed E-state index contributed by atoms with van der Waals surface area (Å²) in [5, 5.41) is 10.0. The van der Waals surface area contributed by atoms with Crippen molar-refractivity contribution in [3.05, 3.63) is 29.8 Å². The van der Waals surface area contributed by atoms with Crippen LogP contribution in [0.5, 0.6) is 5.75 Å². The number of phenols is 1. The van der Waals surface area contributed by atoms with Crippen LogP contribution in [0.25, 0.3) is 0 Å². The van der Waals surface area contributed by atoms with Crippen molar-refractivity contribution >= 4 is 0 Å². The van der Waals surface area contributed by atoms with Crippen LogP contribution in [0.2, 0.25) is 0 Å². The van der Waals surface area contributed by atoms with Crippen LogP contribution in [-0.2, 0) is 4.74 Å². The second kappa shape index (κ2) is 8.18. The van der Waals surface area contributed by atoms with Crippen LogP contribution >= 0.6 is 0 Å². The van der Waals surface area contributed by atoms with Gasteiger partial charge in [-0.25, -0.2) is 0 Å². The summed E-state index contributed by atoms with van der Waals surface area (Å²) in [6.07, 6.45) is 2.22. The van der Waals surface area contributed by atoms with Crippen LogP contribution < -0.4 is 0 Å². The van der Waals surface area contributed by atoms with Gasteiger partial charge in [0, 0.05) is 31.3 Å². The molecular weight excluding hydrogens is 238 g/mol. The van der Waals surface area contributed by atoms with Crippen molar-refractivity contribution in [3.8, 4) is 5.75 Å². The molecule has 0 aliphatic carbocycles. The normalized spacial score (nSPS) is 13.2. The van der Waals surface area contributed by atoms with Crippen molar-refractivity contribution in [2.45, 2.75) is 45.7 Å². The largest absolute Gasteiger partial charge is 0.508 e. The predicted molar refractivity (Wildman–Crippen MR) is 79.5 cm³/mol. The molecule has 0 radical (unpaired) electrons. The van der Waals surface area contributed by atoms with Crippen molar-refractivity contribution in [2.75, 3.05) is 20.3 Å². The predicted octanol–water partition coefficient (Wildman–Crippen LogP) is 3.59. The van der Waals surface area contributed by atoms with Crippen LogP contribution in [-0.4, -0.2) is 36.3 Å². The van der Waals surface area contributed by atoms with E-state index in [2.05, 4.69) is 25.7 Å². The fraction of sp³-hybridized carbons (Fsp3) is 0.625. The number of para-hydroxylation sites is 1. The number of ether oxygens (including phenoxy) is 1. The lowest BCUT2D eigenvalue weighted by atomic mass is 10.0. The number of hydrogen-bond donors (Lipinski definition) is 1. The SMILES string of the molecule is CCC(CC)N(CCOC)C(C)c1ccccc1O. The Balaban J connectivity index is 2.92. The summed E-state index contributed by atoms with van der Waals surface area (Å²) < 4.78 is 5.22. The number of rotatable bonds is 8. The maximum absolute atomic E-state index is 10.0. The molecule has 0 amide bonds. The molecule has 108 valence electrons. The molecule has 0 aliphatic heterocycles. The standard InChI is InChI=1S/C16H27NO2/c1-5-14(6-2)17(11-12-19-4)13(3)15-9-7-8-10-16(15)18/h7-10,13-14,18H,5-6,11-12H2,1-4H3. The van der Waals surface area contributed by atoms with E-state index < -0.39 is 0 Å². The monoisotopic (exact) mass is 265 g/mol. The molecule has 1 unspecified atom stereocenters. The van der Waals surface area contributed by atoms with E-state index in [-0.39, 0.29) is 6.04 Å². The molecule has 1 rings (SSSR count). The highest BCUT2D eigenvalue weighted by atomic mass is 16.5. The lowest BCUT2D eigenvalue weighted by Crippen LogP contribution is -2.39. The average molecular weight is 265 g/mol. The molecule has 3 nitrogen and oxygen atoms in total. The number of benzene rings is 1. The molecule has 0 bridgehead atoms. The Morgan fingerprint density at radius 3 is 2.37 bits per heavy atom. The zero-order valence-electron chi connectivity index (χ0n) is 12.6. The van der Waals surface area contributed by atoms with Gasteiger partial charge in [0.1, 0.15) is 5.75 Å². The zero-order valence-corrected chi connectivity index (χ0v) is 12.6. The number of aromatic hydroxyl groups is 1. The molecular formula is C16H27NO2. The van der Waals surface area contributed by atoms with Crippen molar-refractivity contribution in [1.29, 1.82) is 0 Å². The first kappa shape index (κ1) is 16.0. The summed E-state index contributed by atoms with van der Waals surface area (Å²) in [4.78, 5) is 2.43. The number of hydrogen-bond acceptors (Lipinski definition) is 3. The topological polar surface area (TPSA) is 32.7 Å². The number of methoxy groups -OCH3 is 1. The van der Waals surface area contributed by atoms with E-state index in [0.29, 0.717) is 18.4 Å². The van der Waals surface area contributed by atoms with Crippen molar-refractivity contribution in [2.24, 2.45) is 0 Å². The van der Waals surface area contributed by atoms with Crippen LogP contribution in [0.1, 0.15) is 45.2 Å². The lowest BCUT2D eigenvalue weighted by molar-refractivity contribution is 0.0845. The Hall–Kier alpha value is -1.06. The summed E-state index contributed by atoms with van der Waals surface area (Å²) >= 11 is 0. The van der Waals surface area contributed by atoms with Crippen molar-refractivity contribution < 1.29 is 9.84 Å². The maximum Gasteiger partial charge on any atom is 0.120 e. The maximum atomic E-state index is 10.0. The first-order chi connectivity index (χ1) is 9.15. The average Bonchev–Trinajstić information content (AvgIpc) is 2.43. The van der Waals surface area contributed by atoms with E-state index in [1.54, 1.807) is 13.2 Å². The fourth-order valence-corrected chi connectivity index (χ4v) is 2.67. The molecule has 19 heavy (non-hydrogen) atoms. The smallest absolute Gasteiger partial charge is 0.120 e. The van der Waals surface area contributed by atoms with Gasteiger partial charge < -0.3 is 9.84 Å². The summed E-state index contributed by atoms with van der Waals surface area (Å²) in [6.45, 7) is 8.19. The molecule has 0 spiro atoms. The fourth-order valence-electron chi connectivity index (χ4n) is 2.67. The van der Waals surface area contributed by atoms with Gasteiger partial charge in [-0.15, -0.1) is 0 Å². The minimum Gasteiger partial charge on any atom is -0.508 e. The van der Waals surface area contributed by atoms with Crippen molar-refractivity contribution in [1.82, 2.24) is 4.90 Å². The summed E-state index contributed by atoms with van der Waals surface area (Å²) in [5.74, 6) is 0.378. The summed E-state index contributed by atoms with van der Waals surface area (Å²) in [6, 6.07) is 8.32. The first-order valence-corrected chi connectivity index (χ1v) is 7.18. The van der Waals surface area contributed by atoms with Crippen LogP contribution in [0.15, 0.2) is 24.3 Å². The second-order valence-electron chi connectivity index (χ2n) is 4.94. The van der Waals surface area contributed by atoms with Gasteiger partial charge in [0.25, 0.3) is 0 Å². The first-order valence-electron chi connectivity index (χ1n) is 7.18. The van der Waals surface area contributed by atoms with E-state index in [1.165, 1.54) is 0 Å². The minimum absolute atomic E-state index is 0.196. The molecule has 0 aromatic heterocycles. The molecule has 1 atom stereocenters. The molecule has 1 N–H and O–H groups in total. The molecule has 1 aromatic rings. The molecule has 0 saturated heterocycles. The van der Waals surface area contributed by atoms with Gasteiger partial charge in [0.2, 0.25) is 0 Å². The lowest BCUT2D eigenvalue weighted by Gasteiger charge is -2.36. The highest BCUT2D eigenvalue weighted by Crippen LogP contribution is 2.30. The van der Waals surface area contributed by atoms with Crippen molar-refractivity contribution in [3.63, 3.8) is 0 Å². The van der Waals surface area contributed by atoms with Gasteiger partial charge in [-0.3, -0.25) is 4.90 Å². The van der Waals surface area contributed by atoms with Crippen LogP contribution in [0.4, 0.5) is 0 Å². The molecule has 3 heteroatoms. The van der Waals surface area contributed by atoms with E-state index in [4.69, 9.17) is 4.74 Å². The Morgan fingerprint density at radius 1 is 1.21 bits per heavy atom. The molecule has 0 saturated carbocycles. The van der Waals surface area contributed by atoms with Crippen LogP contribution in [0, 0.1) is 0 Å². The molecule has 0 aliphatic rings. The van der Waals surface area contributed by atoms with Gasteiger partial charge >= 0.3 is 0 Å².